The summed E-state index contributed by atoms with van der Waals surface area (Å²) in [6.07, 6.45) is 0.703. The molecule has 20 heavy (non-hydrogen) atoms. The van der Waals surface area contributed by atoms with Gasteiger partial charge in [0, 0.05) is 11.0 Å². The van der Waals surface area contributed by atoms with Crippen LogP contribution in [-0.4, -0.2) is 22.6 Å². The van der Waals surface area contributed by atoms with E-state index < -0.39 is 24.0 Å². The van der Waals surface area contributed by atoms with Gasteiger partial charge < -0.3 is 9.52 Å². The van der Waals surface area contributed by atoms with E-state index in [1.807, 2.05) is 30.3 Å². The Morgan fingerprint density at radius 3 is 2.45 bits per heavy atom. The minimum atomic E-state index is -1.62. The Hall–Kier alpha value is -2.34. The van der Waals surface area contributed by atoms with Crippen molar-refractivity contribution in [2.75, 3.05) is 0 Å². The lowest BCUT2D eigenvalue weighted by atomic mass is 10.2. The Bertz CT molecular complexity index is 645. The standard InChI is InChI=1S/C14H10O5S/c15-11(7-12(16)14(17)18)13-6-10(8-19-13)20-9-4-2-1-3-5-9/h1-6,8H,7H2,(H,17,18). The zero-order valence-corrected chi connectivity index (χ0v) is 11.1. The summed E-state index contributed by atoms with van der Waals surface area (Å²) < 4.78 is 5.06. The molecule has 0 spiro atoms. The van der Waals surface area contributed by atoms with Crippen LogP contribution in [0.4, 0.5) is 0 Å². The first-order chi connectivity index (χ1) is 9.56. The van der Waals surface area contributed by atoms with Gasteiger partial charge in [-0.15, -0.1) is 0 Å². The number of benzene rings is 1. The van der Waals surface area contributed by atoms with Crippen LogP contribution < -0.4 is 0 Å². The first kappa shape index (κ1) is 14.1. The first-order valence-electron chi connectivity index (χ1n) is 5.67. The highest BCUT2D eigenvalue weighted by molar-refractivity contribution is 7.99. The SMILES string of the molecule is O=C(O)C(=O)CC(=O)c1cc(Sc2ccccc2)co1. The quantitative estimate of drug-likeness (QED) is 0.500. The largest absolute Gasteiger partial charge is 0.475 e. The third-order valence-corrected chi connectivity index (χ3v) is 3.35. The topological polar surface area (TPSA) is 84.6 Å². The van der Waals surface area contributed by atoms with E-state index in [-0.39, 0.29) is 5.76 Å². The summed E-state index contributed by atoms with van der Waals surface area (Å²) >= 11 is 1.40. The molecule has 6 heteroatoms. The fourth-order valence-corrected chi connectivity index (χ4v) is 2.28. The molecule has 2 aromatic rings. The fourth-order valence-electron chi connectivity index (χ4n) is 1.45. The second-order valence-electron chi connectivity index (χ2n) is 3.89. The maximum absolute atomic E-state index is 11.6. The van der Waals surface area contributed by atoms with Crippen molar-refractivity contribution < 1.29 is 23.9 Å². The number of hydrogen-bond acceptors (Lipinski definition) is 5. The Kier molecular flexibility index (Phi) is 4.37. The Morgan fingerprint density at radius 1 is 1.10 bits per heavy atom. The minimum absolute atomic E-state index is 0.0157. The summed E-state index contributed by atoms with van der Waals surface area (Å²) in [4.78, 5) is 34.7. The molecule has 1 heterocycles. The predicted octanol–water partition coefficient (Wildman–Crippen LogP) is 2.66. The monoisotopic (exact) mass is 290 g/mol. The highest BCUT2D eigenvalue weighted by Crippen LogP contribution is 2.29. The Balaban J connectivity index is 2.04. The normalized spacial score (nSPS) is 10.2. The lowest BCUT2D eigenvalue weighted by Crippen LogP contribution is -2.16. The molecule has 0 aliphatic heterocycles. The average Bonchev–Trinajstić information content (AvgIpc) is 2.88. The van der Waals surface area contributed by atoms with Crippen LogP contribution in [0.3, 0.4) is 0 Å². The lowest BCUT2D eigenvalue weighted by molar-refractivity contribution is -0.148. The fraction of sp³-hybridized carbons (Fsp3) is 0.0714. The average molecular weight is 290 g/mol. The molecule has 0 unspecified atom stereocenters. The van der Waals surface area contributed by atoms with Crippen molar-refractivity contribution in [1.29, 1.82) is 0 Å². The molecule has 5 nitrogen and oxygen atoms in total. The van der Waals surface area contributed by atoms with Gasteiger partial charge in [-0.3, -0.25) is 9.59 Å². The van der Waals surface area contributed by atoms with E-state index in [4.69, 9.17) is 9.52 Å². The number of carbonyl (C=O) groups excluding carboxylic acids is 2. The second kappa shape index (κ2) is 6.21. The van der Waals surface area contributed by atoms with Gasteiger partial charge in [-0.25, -0.2) is 4.79 Å². The summed E-state index contributed by atoms with van der Waals surface area (Å²) in [7, 11) is 0. The molecule has 0 aliphatic rings. The van der Waals surface area contributed by atoms with Crippen LogP contribution in [0, 0.1) is 0 Å². The van der Waals surface area contributed by atoms with Gasteiger partial charge >= 0.3 is 5.97 Å². The molecule has 1 aromatic heterocycles. The van der Waals surface area contributed by atoms with E-state index in [2.05, 4.69) is 0 Å². The molecular weight excluding hydrogens is 280 g/mol. The summed E-state index contributed by atoms with van der Waals surface area (Å²) in [6.45, 7) is 0. The zero-order valence-electron chi connectivity index (χ0n) is 10.2. The predicted molar refractivity (Wildman–Crippen MR) is 70.9 cm³/mol. The van der Waals surface area contributed by atoms with Gasteiger partial charge in [0.25, 0.3) is 0 Å². The number of Topliss-reactive ketones (excluding diaryl/α,β-unsaturated/α-hetero) is 2. The minimum Gasteiger partial charge on any atom is -0.475 e. The van der Waals surface area contributed by atoms with Gasteiger partial charge in [-0.1, -0.05) is 30.0 Å². The van der Waals surface area contributed by atoms with E-state index in [0.717, 1.165) is 4.90 Å². The number of rotatable bonds is 6. The molecule has 0 radical (unpaired) electrons. The van der Waals surface area contributed by atoms with Gasteiger partial charge in [0.15, 0.2) is 5.76 Å². The lowest BCUT2D eigenvalue weighted by Gasteiger charge is -1.95. The first-order valence-corrected chi connectivity index (χ1v) is 6.48. The van der Waals surface area contributed by atoms with Crippen LogP contribution in [0.1, 0.15) is 17.0 Å². The maximum atomic E-state index is 11.6. The number of hydrogen-bond donors (Lipinski definition) is 1. The van der Waals surface area contributed by atoms with Crippen LogP contribution in [0.2, 0.25) is 0 Å². The van der Waals surface area contributed by atoms with E-state index >= 15 is 0 Å². The number of furan rings is 1. The molecule has 0 fully saturated rings. The van der Waals surface area contributed by atoms with E-state index in [9.17, 15) is 14.4 Å². The summed E-state index contributed by atoms with van der Waals surface area (Å²) in [5, 5.41) is 8.44. The second-order valence-corrected chi connectivity index (χ2v) is 5.04. The molecule has 102 valence electrons. The maximum Gasteiger partial charge on any atom is 0.372 e. The summed E-state index contributed by atoms with van der Waals surface area (Å²) in [6, 6.07) is 11.0. The van der Waals surface area contributed by atoms with Crippen molar-refractivity contribution in [3.63, 3.8) is 0 Å². The van der Waals surface area contributed by atoms with Crippen LogP contribution in [0.25, 0.3) is 0 Å². The van der Waals surface area contributed by atoms with E-state index in [1.165, 1.54) is 24.1 Å². The highest BCUT2D eigenvalue weighted by Gasteiger charge is 2.20. The van der Waals surface area contributed by atoms with Crippen molar-refractivity contribution in [1.82, 2.24) is 0 Å². The van der Waals surface area contributed by atoms with Gasteiger partial charge in [0.2, 0.25) is 11.6 Å². The van der Waals surface area contributed by atoms with Crippen molar-refractivity contribution in [2.45, 2.75) is 16.2 Å². The zero-order chi connectivity index (χ0) is 14.5. The smallest absolute Gasteiger partial charge is 0.372 e. The van der Waals surface area contributed by atoms with E-state index in [0.29, 0.717) is 4.90 Å². The molecule has 1 aromatic carbocycles. The summed E-state index contributed by atoms with van der Waals surface area (Å²) in [5.41, 5.74) is 0. The molecular formula is C14H10O5S. The van der Waals surface area contributed by atoms with Crippen LogP contribution in [0.15, 0.2) is 56.9 Å². The van der Waals surface area contributed by atoms with Crippen molar-refractivity contribution in [3.8, 4) is 0 Å². The molecule has 0 saturated carbocycles. The van der Waals surface area contributed by atoms with Gasteiger partial charge in [0.1, 0.15) is 6.26 Å². The van der Waals surface area contributed by atoms with Crippen LogP contribution in [-0.2, 0) is 9.59 Å². The summed E-state index contributed by atoms with van der Waals surface area (Å²) in [5.74, 6) is -3.43. The molecule has 1 N–H and O–H groups in total. The molecule has 0 bridgehead atoms. The van der Waals surface area contributed by atoms with Crippen LogP contribution in [0.5, 0.6) is 0 Å². The van der Waals surface area contributed by atoms with Crippen molar-refractivity contribution in [3.05, 3.63) is 48.4 Å². The molecule has 2 rings (SSSR count). The number of carboxylic acid groups (broad SMARTS) is 1. The van der Waals surface area contributed by atoms with Gasteiger partial charge in [0.05, 0.1) is 11.3 Å². The van der Waals surface area contributed by atoms with Crippen LogP contribution >= 0.6 is 11.8 Å². The van der Waals surface area contributed by atoms with Gasteiger partial charge in [-0.2, -0.15) is 0 Å². The third-order valence-electron chi connectivity index (χ3n) is 2.39. The Morgan fingerprint density at radius 2 is 1.80 bits per heavy atom. The van der Waals surface area contributed by atoms with Gasteiger partial charge in [-0.05, 0) is 12.1 Å². The number of carbonyl (C=O) groups is 3. The highest BCUT2D eigenvalue weighted by atomic mass is 32.2. The number of ketones is 2. The van der Waals surface area contributed by atoms with Crippen molar-refractivity contribution in [2.24, 2.45) is 0 Å². The molecule has 0 amide bonds. The third kappa shape index (κ3) is 3.58. The molecule has 0 aliphatic carbocycles. The Labute approximate surface area is 118 Å². The number of aliphatic carboxylic acids is 1. The van der Waals surface area contributed by atoms with E-state index in [1.54, 1.807) is 0 Å². The number of carboxylic acids is 1. The molecule has 0 atom stereocenters. The molecule has 0 saturated heterocycles. The van der Waals surface area contributed by atoms with Crippen molar-refractivity contribution >= 4 is 29.3 Å².